The average Bonchev–Trinajstić information content (AvgIpc) is 3.20. The molecule has 0 spiro atoms. The molecule has 2 aromatic carbocycles. The van der Waals surface area contributed by atoms with Crippen LogP contribution in [0.2, 0.25) is 0 Å². The topological polar surface area (TPSA) is 75.1 Å². The fourth-order valence-corrected chi connectivity index (χ4v) is 3.13. The molecule has 0 bridgehead atoms. The molecule has 0 radical (unpaired) electrons. The first-order valence-electron chi connectivity index (χ1n) is 8.65. The first-order valence-corrected chi connectivity index (χ1v) is 8.65. The van der Waals surface area contributed by atoms with Crippen LogP contribution >= 0.6 is 0 Å². The summed E-state index contributed by atoms with van der Waals surface area (Å²) in [6.07, 6.45) is 2.99. The summed E-state index contributed by atoms with van der Waals surface area (Å²) in [6, 6.07) is 17.2. The van der Waals surface area contributed by atoms with Crippen LogP contribution in [-0.4, -0.2) is 10.9 Å². The second-order valence-electron chi connectivity index (χ2n) is 6.37. The maximum Gasteiger partial charge on any atom is 0.257 e. The quantitative estimate of drug-likeness (QED) is 0.578. The number of carbonyl (C=O) groups excluding carboxylic acids is 1. The van der Waals surface area contributed by atoms with Crippen LogP contribution in [-0.2, 0) is 6.54 Å². The van der Waals surface area contributed by atoms with Crippen molar-refractivity contribution in [1.82, 2.24) is 10.3 Å². The van der Waals surface area contributed by atoms with Gasteiger partial charge in [-0.1, -0.05) is 30.3 Å². The molecule has 2 heterocycles. The van der Waals surface area contributed by atoms with Gasteiger partial charge in [0.15, 0.2) is 0 Å². The first kappa shape index (κ1) is 16.8. The number of hydrogen-bond donors (Lipinski definition) is 2. The number of fused-ring (bicyclic) bond motifs is 1. The Labute approximate surface area is 155 Å². The minimum atomic E-state index is -0.434. The number of hydrogen-bond acceptors (Lipinski definition) is 3. The van der Waals surface area contributed by atoms with Gasteiger partial charge in [-0.05, 0) is 47.9 Å². The number of aryl methyl sites for hydroxylation is 1. The maximum atomic E-state index is 12.9. The average molecular weight is 358 g/mol. The Morgan fingerprint density at radius 2 is 1.96 bits per heavy atom. The zero-order chi connectivity index (χ0) is 18.8. The SMILES string of the molecule is Cc1ccccc1-c1ccc2[nH]cc(C(=O)NCc3ccco3)c(=O)c2c1. The van der Waals surface area contributed by atoms with Crippen LogP contribution in [0.25, 0.3) is 22.0 Å². The zero-order valence-electron chi connectivity index (χ0n) is 14.8. The Morgan fingerprint density at radius 1 is 1.11 bits per heavy atom. The predicted octanol–water partition coefficient (Wildman–Crippen LogP) is 4.03. The fraction of sp³-hybridized carbons (Fsp3) is 0.0909. The van der Waals surface area contributed by atoms with Crippen molar-refractivity contribution < 1.29 is 9.21 Å². The summed E-state index contributed by atoms with van der Waals surface area (Å²) in [7, 11) is 0. The summed E-state index contributed by atoms with van der Waals surface area (Å²) >= 11 is 0. The van der Waals surface area contributed by atoms with Gasteiger partial charge in [0.05, 0.1) is 12.8 Å². The third-order valence-electron chi connectivity index (χ3n) is 4.58. The molecule has 5 heteroatoms. The lowest BCUT2D eigenvalue weighted by Gasteiger charge is -2.08. The van der Waals surface area contributed by atoms with Crippen LogP contribution in [0, 0.1) is 6.92 Å². The molecular weight excluding hydrogens is 340 g/mol. The Bertz CT molecular complexity index is 1170. The number of rotatable bonds is 4. The summed E-state index contributed by atoms with van der Waals surface area (Å²) in [6.45, 7) is 2.26. The van der Waals surface area contributed by atoms with Gasteiger partial charge in [-0.15, -0.1) is 0 Å². The second-order valence-corrected chi connectivity index (χ2v) is 6.37. The number of carbonyl (C=O) groups is 1. The molecule has 0 atom stereocenters. The number of H-pyrrole nitrogens is 1. The molecular formula is C22H18N2O3. The van der Waals surface area contributed by atoms with E-state index in [9.17, 15) is 9.59 Å². The van der Waals surface area contributed by atoms with Crippen LogP contribution in [0.15, 0.2) is 76.3 Å². The smallest absolute Gasteiger partial charge is 0.257 e. The summed E-state index contributed by atoms with van der Waals surface area (Å²) in [5.74, 6) is 0.193. The molecule has 0 saturated carbocycles. The van der Waals surface area contributed by atoms with E-state index < -0.39 is 5.91 Å². The number of amides is 1. The van der Waals surface area contributed by atoms with E-state index in [1.165, 1.54) is 12.5 Å². The van der Waals surface area contributed by atoms with E-state index in [4.69, 9.17) is 4.42 Å². The number of benzene rings is 2. The van der Waals surface area contributed by atoms with Crippen LogP contribution in [0.3, 0.4) is 0 Å². The number of pyridine rings is 1. The lowest BCUT2D eigenvalue weighted by Crippen LogP contribution is -2.28. The van der Waals surface area contributed by atoms with E-state index in [0.717, 1.165) is 16.7 Å². The normalized spacial score (nSPS) is 10.9. The number of aromatic amines is 1. The Hall–Kier alpha value is -3.60. The molecule has 0 aliphatic rings. The highest BCUT2D eigenvalue weighted by Gasteiger charge is 2.14. The van der Waals surface area contributed by atoms with Crippen molar-refractivity contribution in [2.75, 3.05) is 0 Å². The fourth-order valence-electron chi connectivity index (χ4n) is 3.13. The highest BCUT2D eigenvalue weighted by atomic mass is 16.3. The van der Waals surface area contributed by atoms with Crippen molar-refractivity contribution in [1.29, 1.82) is 0 Å². The molecule has 1 amide bonds. The lowest BCUT2D eigenvalue weighted by molar-refractivity contribution is 0.0947. The monoisotopic (exact) mass is 358 g/mol. The molecule has 2 aromatic heterocycles. The molecule has 4 rings (SSSR count). The predicted molar refractivity (Wildman–Crippen MR) is 105 cm³/mol. The molecule has 4 aromatic rings. The van der Waals surface area contributed by atoms with Gasteiger partial charge in [0.25, 0.3) is 5.91 Å². The molecule has 134 valence electrons. The van der Waals surface area contributed by atoms with Crippen molar-refractivity contribution in [3.8, 4) is 11.1 Å². The van der Waals surface area contributed by atoms with Crippen molar-refractivity contribution in [2.24, 2.45) is 0 Å². The standard InChI is InChI=1S/C22H18N2O3/c1-14-5-2-3-7-17(14)15-8-9-20-18(11-15)21(25)19(13-23-20)22(26)24-12-16-6-4-10-27-16/h2-11,13H,12H2,1H3,(H,23,25)(H,24,26). The number of furan rings is 1. The van der Waals surface area contributed by atoms with Gasteiger partial charge in [0.2, 0.25) is 5.43 Å². The van der Waals surface area contributed by atoms with Crippen LogP contribution in [0.1, 0.15) is 21.7 Å². The summed E-state index contributed by atoms with van der Waals surface area (Å²) in [4.78, 5) is 28.4. The summed E-state index contributed by atoms with van der Waals surface area (Å²) < 4.78 is 5.20. The Kier molecular flexibility index (Phi) is 4.34. The van der Waals surface area contributed by atoms with Gasteiger partial charge in [-0.25, -0.2) is 0 Å². The minimum absolute atomic E-state index is 0.0796. The third kappa shape index (κ3) is 3.27. The Balaban J connectivity index is 1.71. The van der Waals surface area contributed by atoms with Crippen LogP contribution in [0.4, 0.5) is 0 Å². The van der Waals surface area contributed by atoms with Gasteiger partial charge in [0.1, 0.15) is 11.3 Å². The molecule has 5 nitrogen and oxygen atoms in total. The van der Waals surface area contributed by atoms with E-state index in [1.54, 1.807) is 12.1 Å². The van der Waals surface area contributed by atoms with Crippen molar-refractivity contribution in [3.63, 3.8) is 0 Å². The molecule has 0 fully saturated rings. The minimum Gasteiger partial charge on any atom is -0.467 e. The van der Waals surface area contributed by atoms with Gasteiger partial charge in [0, 0.05) is 17.1 Å². The third-order valence-corrected chi connectivity index (χ3v) is 4.58. The molecule has 27 heavy (non-hydrogen) atoms. The maximum absolute atomic E-state index is 12.9. The highest BCUT2D eigenvalue weighted by Crippen LogP contribution is 2.25. The summed E-state index contributed by atoms with van der Waals surface area (Å²) in [5.41, 5.74) is 3.61. The van der Waals surface area contributed by atoms with Gasteiger partial charge in [-0.2, -0.15) is 0 Å². The van der Waals surface area contributed by atoms with E-state index >= 15 is 0 Å². The Morgan fingerprint density at radius 3 is 2.74 bits per heavy atom. The van der Waals surface area contributed by atoms with E-state index in [0.29, 0.717) is 16.7 Å². The van der Waals surface area contributed by atoms with Crippen LogP contribution < -0.4 is 10.7 Å². The van der Waals surface area contributed by atoms with Gasteiger partial charge in [-0.3, -0.25) is 9.59 Å². The molecule has 0 aliphatic carbocycles. The van der Waals surface area contributed by atoms with Gasteiger partial charge < -0.3 is 14.7 Å². The molecule has 0 unspecified atom stereocenters. The zero-order valence-corrected chi connectivity index (χ0v) is 14.8. The molecule has 0 aliphatic heterocycles. The largest absolute Gasteiger partial charge is 0.467 e. The van der Waals surface area contributed by atoms with Crippen LogP contribution in [0.5, 0.6) is 0 Å². The number of nitrogens with one attached hydrogen (secondary N) is 2. The molecule has 0 saturated heterocycles. The summed E-state index contributed by atoms with van der Waals surface area (Å²) in [5, 5.41) is 3.20. The first-order chi connectivity index (χ1) is 13.1. The highest BCUT2D eigenvalue weighted by molar-refractivity contribution is 5.97. The van der Waals surface area contributed by atoms with E-state index in [-0.39, 0.29) is 17.5 Å². The van der Waals surface area contributed by atoms with Crippen molar-refractivity contribution in [3.05, 3.63) is 94.2 Å². The van der Waals surface area contributed by atoms with Gasteiger partial charge >= 0.3 is 0 Å². The van der Waals surface area contributed by atoms with E-state index in [2.05, 4.69) is 10.3 Å². The second kappa shape index (κ2) is 6.96. The molecule has 2 N–H and O–H groups in total. The van der Waals surface area contributed by atoms with Crippen molar-refractivity contribution >= 4 is 16.8 Å². The van der Waals surface area contributed by atoms with Crippen molar-refractivity contribution in [2.45, 2.75) is 13.5 Å². The van der Waals surface area contributed by atoms with E-state index in [1.807, 2.05) is 49.4 Å². The lowest BCUT2D eigenvalue weighted by atomic mass is 9.98. The number of aromatic nitrogens is 1.